The molecule has 0 amide bonds. The van der Waals surface area contributed by atoms with Crippen LogP contribution in [0.3, 0.4) is 0 Å². The van der Waals surface area contributed by atoms with Crippen molar-refractivity contribution in [3.63, 3.8) is 0 Å². The molecule has 2 aromatic carbocycles. The van der Waals surface area contributed by atoms with Gasteiger partial charge in [0, 0.05) is 0 Å². The molecule has 0 aliphatic heterocycles. The minimum atomic E-state index is 1.09. The lowest BCUT2D eigenvalue weighted by Crippen LogP contribution is -1.91. The molecule has 1 aliphatic carbocycles. The van der Waals surface area contributed by atoms with Crippen LogP contribution in [-0.2, 0) is 6.42 Å². The SMILES string of the molecule is Pc1ccc2c(c1)Cc1ccccc1-2. The summed E-state index contributed by atoms with van der Waals surface area (Å²) in [4.78, 5) is 0. The number of hydrogen-bond acceptors (Lipinski definition) is 0. The third-order valence-electron chi connectivity index (χ3n) is 2.82. The highest BCUT2D eigenvalue weighted by Gasteiger charge is 2.16. The van der Waals surface area contributed by atoms with Crippen LogP contribution in [0, 0.1) is 0 Å². The Bertz CT molecular complexity index is 500. The van der Waals surface area contributed by atoms with E-state index in [1.807, 2.05) is 0 Å². The van der Waals surface area contributed by atoms with Crippen molar-refractivity contribution in [2.75, 3.05) is 0 Å². The molecule has 0 nitrogen and oxygen atoms in total. The highest BCUT2D eigenvalue weighted by Crippen LogP contribution is 2.35. The van der Waals surface area contributed by atoms with Gasteiger partial charge in [0.25, 0.3) is 0 Å². The van der Waals surface area contributed by atoms with E-state index in [1.54, 1.807) is 0 Å². The van der Waals surface area contributed by atoms with E-state index in [0.29, 0.717) is 0 Å². The van der Waals surface area contributed by atoms with E-state index < -0.39 is 0 Å². The smallest absolute Gasteiger partial charge is 0.00132 e. The molecule has 0 radical (unpaired) electrons. The van der Waals surface area contributed by atoms with Crippen molar-refractivity contribution in [2.24, 2.45) is 0 Å². The Labute approximate surface area is 86.2 Å². The number of fused-ring (bicyclic) bond motifs is 3. The summed E-state index contributed by atoms with van der Waals surface area (Å²) < 4.78 is 0. The molecule has 2 aromatic rings. The van der Waals surface area contributed by atoms with E-state index in [2.05, 4.69) is 51.7 Å². The lowest BCUT2D eigenvalue weighted by molar-refractivity contribution is 1.27. The Morgan fingerprint density at radius 1 is 0.857 bits per heavy atom. The molecule has 0 aromatic heterocycles. The lowest BCUT2D eigenvalue weighted by Gasteiger charge is -2.00. The van der Waals surface area contributed by atoms with Gasteiger partial charge in [-0.3, -0.25) is 0 Å². The van der Waals surface area contributed by atoms with Crippen LogP contribution >= 0.6 is 9.24 Å². The second-order valence-corrected chi connectivity index (χ2v) is 4.42. The van der Waals surface area contributed by atoms with Gasteiger partial charge >= 0.3 is 0 Å². The second-order valence-electron chi connectivity index (χ2n) is 3.75. The zero-order valence-corrected chi connectivity index (χ0v) is 8.98. The van der Waals surface area contributed by atoms with Crippen molar-refractivity contribution in [2.45, 2.75) is 6.42 Å². The Morgan fingerprint density at radius 3 is 2.57 bits per heavy atom. The van der Waals surface area contributed by atoms with Crippen LogP contribution in [0.5, 0.6) is 0 Å². The molecule has 0 N–H and O–H groups in total. The predicted molar refractivity (Wildman–Crippen MR) is 64.0 cm³/mol. The maximum Gasteiger partial charge on any atom is -0.00132 e. The second kappa shape index (κ2) is 2.93. The summed E-state index contributed by atoms with van der Waals surface area (Å²) in [6, 6.07) is 15.3. The zero-order valence-electron chi connectivity index (χ0n) is 7.83. The third kappa shape index (κ3) is 1.11. The van der Waals surface area contributed by atoms with Gasteiger partial charge in [0.1, 0.15) is 0 Å². The van der Waals surface area contributed by atoms with E-state index in [1.165, 1.54) is 27.6 Å². The molecule has 0 saturated heterocycles. The minimum Gasteiger partial charge on any atom is -0.106 e. The molecule has 68 valence electrons. The van der Waals surface area contributed by atoms with Gasteiger partial charge in [-0.1, -0.05) is 42.5 Å². The molecule has 1 unspecified atom stereocenters. The lowest BCUT2D eigenvalue weighted by atomic mass is 10.1. The fraction of sp³-hybridized carbons (Fsp3) is 0.0769. The quantitative estimate of drug-likeness (QED) is 0.487. The largest absolute Gasteiger partial charge is 0.106 e. The van der Waals surface area contributed by atoms with E-state index in [4.69, 9.17) is 0 Å². The number of rotatable bonds is 0. The Balaban J connectivity index is 2.27. The fourth-order valence-corrected chi connectivity index (χ4v) is 2.46. The van der Waals surface area contributed by atoms with Gasteiger partial charge in [0.2, 0.25) is 0 Å². The highest BCUT2D eigenvalue weighted by molar-refractivity contribution is 7.27. The van der Waals surface area contributed by atoms with Crippen LogP contribution in [0.25, 0.3) is 11.1 Å². The van der Waals surface area contributed by atoms with Gasteiger partial charge < -0.3 is 0 Å². The molecule has 0 fully saturated rings. The maximum atomic E-state index is 2.76. The van der Waals surface area contributed by atoms with Crippen molar-refractivity contribution in [1.82, 2.24) is 0 Å². The molecule has 1 aliphatic rings. The highest BCUT2D eigenvalue weighted by atomic mass is 31.0. The van der Waals surface area contributed by atoms with Gasteiger partial charge in [-0.25, -0.2) is 0 Å². The Morgan fingerprint density at radius 2 is 1.64 bits per heavy atom. The normalized spacial score (nSPS) is 12.4. The van der Waals surface area contributed by atoms with Gasteiger partial charge in [-0.15, -0.1) is 9.24 Å². The van der Waals surface area contributed by atoms with Gasteiger partial charge in [-0.05, 0) is 34.0 Å². The summed E-state index contributed by atoms with van der Waals surface area (Å²) in [5.74, 6) is 0. The molecular weight excluding hydrogens is 187 g/mol. The van der Waals surface area contributed by atoms with Crippen LogP contribution in [0.15, 0.2) is 42.5 Å². The monoisotopic (exact) mass is 198 g/mol. The molecule has 3 rings (SSSR count). The standard InChI is InChI=1S/C13H11P/c14-11-5-6-13-10(8-11)7-9-3-1-2-4-12(9)13/h1-6,8H,7,14H2. The maximum absolute atomic E-state index is 2.76. The predicted octanol–water partition coefficient (Wildman–Crippen LogP) is 2.76. The van der Waals surface area contributed by atoms with Gasteiger partial charge in [-0.2, -0.15) is 0 Å². The topological polar surface area (TPSA) is 0 Å². The van der Waals surface area contributed by atoms with Crippen molar-refractivity contribution in [1.29, 1.82) is 0 Å². The van der Waals surface area contributed by atoms with Crippen LogP contribution < -0.4 is 5.30 Å². The molecule has 0 spiro atoms. The fourth-order valence-electron chi connectivity index (χ4n) is 2.17. The first-order chi connectivity index (χ1) is 6.84. The van der Waals surface area contributed by atoms with Crippen LogP contribution in [0.4, 0.5) is 0 Å². The van der Waals surface area contributed by atoms with Crippen molar-refractivity contribution >= 4 is 14.5 Å². The van der Waals surface area contributed by atoms with E-state index in [0.717, 1.165) is 6.42 Å². The van der Waals surface area contributed by atoms with Crippen LogP contribution in [0.2, 0.25) is 0 Å². The van der Waals surface area contributed by atoms with Crippen molar-refractivity contribution in [3.05, 3.63) is 53.6 Å². The molecular formula is C13H11P. The van der Waals surface area contributed by atoms with Crippen LogP contribution in [-0.4, -0.2) is 0 Å². The van der Waals surface area contributed by atoms with Gasteiger partial charge in [0.05, 0.1) is 0 Å². The zero-order chi connectivity index (χ0) is 9.54. The summed E-state index contributed by atoms with van der Waals surface area (Å²) in [7, 11) is 2.76. The Hall–Kier alpha value is -1.13. The average molecular weight is 198 g/mol. The van der Waals surface area contributed by atoms with E-state index in [9.17, 15) is 0 Å². The number of hydrogen-bond donors (Lipinski definition) is 0. The molecule has 1 atom stereocenters. The average Bonchev–Trinajstić information content (AvgIpc) is 2.54. The summed E-state index contributed by atoms with van der Waals surface area (Å²) in [5, 5.41) is 1.27. The molecule has 0 heterocycles. The molecule has 0 bridgehead atoms. The molecule has 0 saturated carbocycles. The van der Waals surface area contributed by atoms with E-state index in [-0.39, 0.29) is 0 Å². The third-order valence-corrected chi connectivity index (χ3v) is 3.18. The molecule has 14 heavy (non-hydrogen) atoms. The summed E-state index contributed by atoms with van der Waals surface area (Å²) in [6.45, 7) is 0. The summed E-state index contributed by atoms with van der Waals surface area (Å²) in [5.41, 5.74) is 5.73. The molecule has 1 heteroatoms. The first kappa shape index (κ1) is 8.20. The van der Waals surface area contributed by atoms with Crippen molar-refractivity contribution in [3.8, 4) is 11.1 Å². The number of benzene rings is 2. The Kier molecular flexibility index (Phi) is 1.72. The minimum absolute atomic E-state index is 1.09. The summed E-state index contributed by atoms with van der Waals surface area (Å²) >= 11 is 0. The van der Waals surface area contributed by atoms with Gasteiger partial charge in [0.15, 0.2) is 0 Å². The summed E-state index contributed by atoms with van der Waals surface area (Å²) in [6.07, 6.45) is 1.09. The first-order valence-corrected chi connectivity index (χ1v) is 5.39. The van der Waals surface area contributed by atoms with Crippen molar-refractivity contribution < 1.29 is 0 Å². The first-order valence-electron chi connectivity index (χ1n) is 4.81. The van der Waals surface area contributed by atoms with E-state index >= 15 is 0 Å². The van der Waals surface area contributed by atoms with Crippen LogP contribution in [0.1, 0.15) is 11.1 Å².